The Balaban J connectivity index is 1.68. The van der Waals surface area contributed by atoms with Crippen molar-refractivity contribution >= 4 is 24.0 Å². The van der Waals surface area contributed by atoms with Gasteiger partial charge in [0.05, 0.1) is 0 Å². The van der Waals surface area contributed by atoms with Gasteiger partial charge in [-0.2, -0.15) is 0 Å². The Hall–Kier alpha value is -1.98. The highest BCUT2D eigenvalue weighted by molar-refractivity contribution is 7.09. The van der Waals surface area contributed by atoms with Crippen molar-refractivity contribution in [2.45, 2.75) is 45.1 Å². The number of hydrogen-bond donors (Lipinski definition) is 0. The number of aliphatic imine (C=N–C) groups is 1. The average molecular weight is 385 g/mol. The fourth-order valence-corrected chi connectivity index (χ4v) is 4.58. The monoisotopic (exact) mass is 384 g/mol. The van der Waals surface area contributed by atoms with Gasteiger partial charge in [0, 0.05) is 17.5 Å². The third kappa shape index (κ3) is 5.27. The van der Waals surface area contributed by atoms with Crippen molar-refractivity contribution in [3.63, 3.8) is 0 Å². The van der Waals surface area contributed by atoms with Crippen molar-refractivity contribution in [2.75, 3.05) is 19.6 Å². The quantitative estimate of drug-likeness (QED) is 0.370. The molecule has 1 aromatic carbocycles. The van der Waals surface area contributed by atoms with Crippen LogP contribution < -0.4 is 4.74 Å². The predicted octanol–water partition coefficient (Wildman–Crippen LogP) is 4.17. The lowest BCUT2D eigenvalue weighted by Crippen LogP contribution is -2.41. The Morgan fingerprint density at radius 2 is 2.22 bits per heavy atom. The van der Waals surface area contributed by atoms with Gasteiger partial charge in [-0.1, -0.05) is 25.1 Å². The highest BCUT2D eigenvalue weighted by atomic mass is 32.1. The fraction of sp³-hybridized carbons (Fsp3) is 0.455. The van der Waals surface area contributed by atoms with Gasteiger partial charge >= 0.3 is 5.97 Å². The van der Waals surface area contributed by atoms with Crippen LogP contribution in [0.2, 0.25) is 0 Å². The molecule has 0 N–H and O–H groups in total. The number of rotatable bonds is 9. The molecule has 0 bridgehead atoms. The van der Waals surface area contributed by atoms with Gasteiger partial charge in [0.25, 0.3) is 0 Å². The van der Waals surface area contributed by atoms with Crippen molar-refractivity contribution in [1.82, 2.24) is 4.90 Å². The largest absolute Gasteiger partial charge is 0.425 e. The fourth-order valence-electron chi connectivity index (χ4n) is 3.88. The van der Waals surface area contributed by atoms with E-state index in [0.717, 1.165) is 38.8 Å². The van der Waals surface area contributed by atoms with Crippen molar-refractivity contribution < 1.29 is 9.53 Å². The summed E-state index contributed by atoms with van der Waals surface area (Å²) in [5, 5.41) is 2.15. The molecule has 5 heteroatoms. The van der Waals surface area contributed by atoms with Crippen LogP contribution in [0.15, 0.2) is 40.7 Å². The van der Waals surface area contributed by atoms with E-state index in [1.165, 1.54) is 22.4 Å². The molecule has 27 heavy (non-hydrogen) atoms. The van der Waals surface area contributed by atoms with Crippen LogP contribution in [0.5, 0.6) is 5.75 Å². The normalized spacial score (nSPS) is 16.1. The maximum atomic E-state index is 11.8. The lowest BCUT2D eigenvalue weighted by Gasteiger charge is -2.35. The number of thiophene rings is 1. The van der Waals surface area contributed by atoms with Crippen molar-refractivity contribution in [2.24, 2.45) is 4.99 Å². The minimum atomic E-state index is -0.343. The molecule has 4 nitrogen and oxygen atoms in total. The molecule has 3 rings (SSSR count). The molecule has 0 spiro atoms. The molecule has 0 radical (unpaired) electrons. The first-order chi connectivity index (χ1) is 13.2. The minimum absolute atomic E-state index is 0.000704. The first-order valence-corrected chi connectivity index (χ1v) is 10.6. The van der Waals surface area contributed by atoms with Crippen molar-refractivity contribution in [3.05, 3.63) is 51.7 Å². The van der Waals surface area contributed by atoms with E-state index in [2.05, 4.69) is 47.1 Å². The average Bonchev–Trinajstić information content (AvgIpc) is 3.19. The van der Waals surface area contributed by atoms with E-state index in [4.69, 9.17) is 4.74 Å². The standard InChI is InChI=1S/C22H28N2O2S/c1-3-12-24(13-11-19-7-5-14-27-19)18-9-10-20-17(15-18)6-4-8-21(20)26-22(25)16-23-2/h4-8,14,18H,2-3,9-13,15-16H2,1H3/t18-/m0/s1. The van der Waals surface area contributed by atoms with Gasteiger partial charge in [-0.25, -0.2) is 4.79 Å². The van der Waals surface area contributed by atoms with Crippen molar-refractivity contribution in [1.29, 1.82) is 0 Å². The summed E-state index contributed by atoms with van der Waals surface area (Å²) in [6, 6.07) is 11.0. The minimum Gasteiger partial charge on any atom is -0.425 e. The summed E-state index contributed by atoms with van der Waals surface area (Å²) in [7, 11) is 0. The third-order valence-electron chi connectivity index (χ3n) is 5.13. The number of fused-ring (bicyclic) bond motifs is 1. The number of carbonyl (C=O) groups is 1. The SMILES string of the molecule is C=NCC(=O)Oc1cccc2c1CC[C@H](N(CCC)CCc1cccs1)C2. The van der Waals surface area contributed by atoms with Crippen LogP contribution in [0.25, 0.3) is 0 Å². The van der Waals surface area contributed by atoms with Gasteiger partial charge < -0.3 is 4.74 Å². The van der Waals surface area contributed by atoms with E-state index in [9.17, 15) is 4.79 Å². The van der Waals surface area contributed by atoms with Gasteiger partial charge in [0.1, 0.15) is 12.3 Å². The van der Waals surface area contributed by atoms with Crippen LogP contribution in [-0.2, 0) is 24.1 Å². The molecule has 1 atom stereocenters. The molecule has 0 aliphatic heterocycles. The molecule has 0 saturated carbocycles. The number of nitrogens with zero attached hydrogens (tertiary/aromatic N) is 2. The maximum Gasteiger partial charge on any atom is 0.333 e. The first-order valence-electron chi connectivity index (χ1n) is 9.71. The lowest BCUT2D eigenvalue weighted by atomic mass is 9.86. The maximum absolute atomic E-state index is 11.8. The van der Waals surface area contributed by atoms with Gasteiger partial charge in [-0.3, -0.25) is 9.89 Å². The molecular formula is C22H28N2O2S. The van der Waals surface area contributed by atoms with E-state index in [1.54, 1.807) is 0 Å². The summed E-state index contributed by atoms with van der Waals surface area (Å²) in [6.07, 6.45) is 5.36. The Morgan fingerprint density at radius 3 is 2.96 bits per heavy atom. The zero-order valence-corrected chi connectivity index (χ0v) is 16.8. The second kappa shape index (κ2) is 9.81. The summed E-state index contributed by atoms with van der Waals surface area (Å²) >= 11 is 1.84. The zero-order valence-electron chi connectivity index (χ0n) is 16.0. The highest BCUT2D eigenvalue weighted by Crippen LogP contribution is 2.32. The van der Waals surface area contributed by atoms with Gasteiger partial charge in [-0.05, 0) is 74.0 Å². The first kappa shape index (κ1) is 19.8. The van der Waals surface area contributed by atoms with Gasteiger partial charge in [-0.15, -0.1) is 11.3 Å². The Labute approximate surface area is 165 Å². The smallest absolute Gasteiger partial charge is 0.333 e. The highest BCUT2D eigenvalue weighted by Gasteiger charge is 2.26. The molecule has 0 saturated heterocycles. The second-order valence-electron chi connectivity index (χ2n) is 7.01. The van der Waals surface area contributed by atoms with Gasteiger partial charge in [0.15, 0.2) is 0 Å². The number of ether oxygens (including phenoxy) is 1. The van der Waals surface area contributed by atoms with E-state index in [1.807, 2.05) is 23.5 Å². The predicted molar refractivity (Wildman–Crippen MR) is 112 cm³/mol. The van der Waals surface area contributed by atoms with Crippen LogP contribution in [0.1, 0.15) is 35.8 Å². The number of carbonyl (C=O) groups excluding carboxylic acids is 1. The topological polar surface area (TPSA) is 41.9 Å². The number of hydrogen-bond acceptors (Lipinski definition) is 5. The number of benzene rings is 1. The molecule has 0 unspecified atom stereocenters. The summed E-state index contributed by atoms with van der Waals surface area (Å²) < 4.78 is 5.51. The summed E-state index contributed by atoms with van der Waals surface area (Å²) in [5.74, 6) is 0.351. The Kier molecular flexibility index (Phi) is 7.18. The molecule has 1 heterocycles. The molecule has 1 aliphatic carbocycles. The second-order valence-corrected chi connectivity index (χ2v) is 8.04. The number of esters is 1. The zero-order chi connectivity index (χ0) is 19.1. The molecule has 0 fully saturated rings. The van der Waals surface area contributed by atoms with Crippen LogP contribution in [0.4, 0.5) is 0 Å². The van der Waals surface area contributed by atoms with Crippen LogP contribution >= 0.6 is 11.3 Å². The van der Waals surface area contributed by atoms with E-state index in [0.29, 0.717) is 11.8 Å². The summed E-state index contributed by atoms with van der Waals surface area (Å²) in [5.41, 5.74) is 2.49. The van der Waals surface area contributed by atoms with Crippen molar-refractivity contribution in [3.8, 4) is 5.75 Å². The molecule has 2 aromatic rings. The molecule has 1 aliphatic rings. The van der Waals surface area contributed by atoms with Gasteiger partial charge in [0.2, 0.25) is 0 Å². The van der Waals surface area contributed by atoms with E-state index >= 15 is 0 Å². The van der Waals surface area contributed by atoms with Crippen LogP contribution in [-0.4, -0.2) is 43.3 Å². The molecule has 1 aromatic heterocycles. The summed E-state index contributed by atoms with van der Waals surface area (Å²) in [6.45, 7) is 7.84. The lowest BCUT2D eigenvalue weighted by molar-refractivity contribution is -0.132. The van der Waals surface area contributed by atoms with E-state index in [-0.39, 0.29) is 12.5 Å². The van der Waals surface area contributed by atoms with E-state index < -0.39 is 0 Å². The Morgan fingerprint density at radius 1 is 1.33 bits per heavy atom. The third-order valence-corrected chi connectivity index (χ3v) is 6.07. The Bertz CT molecular complexity index is 758. The van der Waals surface area contributed by atoms with Crippen LogP contribution in [0, 0.1) is 0 Å². The van der Waals surface area contributed by atoms with Crippen LogP contribution in [0.3, 0.4) is 0 Å². The molecule has 144 valence electrons. The summed E-state index contributed by atoms with van der Waals surface area (Å²) in [4.78, 5) is 19.5. The molecule has 0 amide bonds. The molecular weight excluding hydrogens is 356 g/mol.